The molecule has 2 aromatic rings. The lowest BCUT2D eigenvalue weighted by Gasteiger charge is -2.18. The fraction of sp³-hybridized carbons (Fsp3) is 0.400. The zero-order valence-corrected chi connectivity index (χ0v) is 13.7. The van der Waals surface area contributed by atoms with E-state index < -0.39 is 0 Å². The minimum Gasteiger partial charge on any atom is -0.310 e. The highest BCUT2D eigenvalue weighted by Gasteiger charge is 2.13. The van der Waals surface area contributed by atoms with E-state index in [0.29, 0.717) is 6.04 Å². The van der Waals surface area contributed by atoms with E-state index in [1.165, 1.54) is 14.2 Å². The third-order valence-corrected chi connectivity index (χ3v) is 4.64. The van der Waals surface area contributed by atoms with E-state index in [2.05, 4.69) is 57.4 Å². The molecule has 1 unspecified atom stereocenters. The second-order valence-corrected chi connectivity index (χ2v) is 7.19. The van der Waals surface area contributed by atoms with E-state index in [1.54, 1.807) is 0 Å². The van der Waals surface area contributed by atoms with Gasteiger partial charge in [0.25, 0.3) is 0 Å². The van der Waals surface area contributed by atoms with Gasteiger partial charge in [0.05, 0.1) is 3.79 Å². The van der Waals surface area contributed by atoms with E-state index in [9.17, 15) is 0 Å². The van der Waals surface area contributed by atoms with Crippen molar-refractivity contribution in [2.24, 2.45) is 0 Å². The molecule has 1 N–H and O–H groups in total. The lowest BCUT2D eigenvalue weighted by molar-refractivity contribution is 0.531. The van der Waals surface area contributed by atoms with Crippen molar-refractivity contribution in [3.63, 3.8) is 0 Å². The van der Waals surface area contributed by atoms with Crippen molar-refractivity contribution in [2.45, 2.75) is 32.7 Å². The SMILES string of the molecule is CCCNC(Cc1ccc(Br)s1)c1ccnc(C)c1. The van der Waals surface area contributed by atoms with Crippen molar-refractivity contribution in [1.82, 2.24) is 10.3 Å². The molecule has 0 aromatic carbocycles. The molecule has 2 heterocycles. The molecule has 2 nitrogen and oxygen atoms in total. The van der Waals surface area contributed by atoms with Crippen LogP contribution in [0.25, 0.3) is 0 Å². The van der Waals surface area contributed by atoms with Crippen LogP contribution in [0.2, 0.25) is 0 Å². The van der Waals surface area contributed by atoms with Crippen molar-refractivity contribution < 1.29 is 0 Å². The number of hydrogen-bond donors (Lipinski definition) is 1. The van der Waals surface area contributed by atoms with Crippen LogP contribution in [0.1, 0.15) is 35.5 Å². The van der Waals surface area contributed by atoms with Crippen LogP contribution in [0.3, 0.4) is 0 Å². The van der Waals surface area contributed by atoms with Crippen molar-refractivity contribution in [3.05, 3.63) is 50.4 Å². The van der Waals surface area contributed by atoms with Crippen LogP contribution in [0.5, 0.6) is 0 Å². The molecule has 0 saturated carbocycles. The van der Waals surface area contributed by atoms with Gasteiger partial charge in [-0.25, -0.2) is 0 Å². The highest BCUT2D eigenvalue weighted by molar-refractivity contribution is 9.11. The molecule has 0 aliphatic carbocycles. The summed E-state index contributed by atoms with van der Waals surface area (Å²) in [4.78, 5) is 5.68. The van der Waals surface area contributed by atoms with Gasteiger partial charge in [0.15, 0.2) is 0 Å². The van der Waals surface area contributed by atoms with Gasteiger partial charge in [-0.05, 0) is 65.6 Å². The summed E-state index contributed by atoms with van der Waals surface area (Å²) in [5.41, 5.74) is 2.40. The minimum atomic E-state index is 0.368. The largest absolute Gasteiger partial charge is 0.310 e. The molecule has 2 rings (SSSR count). The first-order chi connectivity index (χ1) is 9.19. The minimum absolute atomic E-state index is 0.368. The number of aromatic nitrogens is 1. The number of hydrogen-bond acceptors (Lipinski definition) is 3. The molecule has 0 aliphatic heterocycles. The molecule has 0 radical (unpaired) electrons. The molecule has 0 bridgehead atoms. The molecular weight excluding hydrogens is 320 g/mol. The maximum atomic E-state index is 4.28. The summed E-state index contributed by atoms with van der Waals surface area (Å²) >= 11 is 5.34. The Morgan fingerprint density at radius 1 is 1.37 bits per heavy atom. The van der Waals surface area contributed by atoms with E-state index >= 15 is 0 Å². The topological polar surface area (TPSA) is 24.9 Å². The third-order valence-electron chi connectivity index (χ3n) is 3.00. The van der Waals surface area contributed by atoms with Gasteiger partial charge >= 0.3 is 0 Å². The van der Waals surface area contributed by atoms with Gasteiger partial charge in [0.1, 0.15) is 0 Å². The van der Waals surface area contributed by atoms with Gasteiger partial charge < -0.3 is 5.32 Å². The Bertz CT molecular complexity index is 524. The molecule has 4 heteroatoms. The van der Waals surface area contributed by atoms with Crippen LogP contribution in [0.15, 0.2) is 34.2 Å². The van der Waals surface area contributed by atoms with Crippen molar-refractivity contribution >= 4 is 27.3 Å². The maximum absolute atomic E-state index is 4.28. The van der Waals surface area contributed by atoms with Gasteiger partial charge in [-0.3, -0.25) is 4.98 Å². The number of halogens is 1. The number of aryl methyl sites for hydroxylation is 1. The summed E-state index contributed by atoms with van der Waals surface area (Å²) in [6, 6.07) is 8.98. The smallest absolute Gasteiger partial charge is 0.0701 e. The summed E-state index contributed by atoms with van der Waals surface area (Å²) in [5.74, 6) is 0. The monoisotopic (exact) mass is 338 g/mol. The third kappa shape index (κ3) is 4.41. The fourth-order valence-electron chi connectivity index (χ4n) is 2.07. The van der Waals surface area contributed by atoms with Gasteiger partial charge in [-0.2, -0.15) is 0 Å². The van der Waals surface area contributed by atoms with Gasteiger partial charge in [0, 0.05) is 29.2 Å². The van der Waals surface area contributed by atoms with Crippen LogP contribution in [-0.4, -0.2) is 11.5 Å². The van der Waals surface area contributed by atoms with E-state index in [4.69, 9.17) is 0 Å². The first-order valence-electron chi connectivity index (χ1n) is 6.59. The van der Waals surface area contributed by atoms with Gasteiger partial charge in [0.2, 0.25) is 0 Å². The van der Waals surface area contributed by atoms with E-state index in [1.807, 2.05) is 24.5 Å². The van der Waals surface area contributed by atoms with Crippen LogP contribution in [0.4, 0.5) is 0 Å². The normalized spacial score (nSPS) is 12.6. The predicted molar refractivity (Wildman–Crippen MR) is 85.7 cm³/mol. The van der Waals surface area contributed by atoms with Crippen LogP contribution >= 0.6 is 27.3 Å². The quantitative estimate of drug-likeness (QED) is 0.838. The number of thiophene rings is 1. The lowest BCUT2D eigenvalue weighted by atomic mass is 10.0. The number of nitrogens with one attached hydrogen (secondary N) is 1. The molecular formula is C15H19BrN2S. The summed E-state index contributed by atoms with van der Waals surface area (Å²) in [5, 5.41) is 3.63. The van der Waals surface area contributed by atoms with Crippen molar-refractivity contribution in [2.75, 3.05) is 6.54 Å². The molecule has 0 spiro atoms. The second kappa shape index (κ2) is 7.17. The van der Waals surface area contributed by atoms with Gasteiger partial charge in [-0.1, -0.05) is 6.92 Å². The number of rotatable bonds is 6. The van der Waals surface area contributed by atoms with Crippen LogP contribution in [0, 0.1) is 6.92 Å². The van der Waals surface area contributed by atoms with Crippen molar-refractivity contribution in [1.29, 1.82) is 0 Å². The summed E-state index contributed by atoms with van der Waals surface area (Å²) in [6.45, 7) is 5.28. The second-order valence-electron chi connectivity index (χ2n) is 4.65. The standard InChI is InChI=1S/C15H19BrN2S/c1-3-7-18-14(10-13-4-5-15(16)19-13)12-6-8-17-11(2)9-12/h4-6,8-9,14,18H,3,7,10H2,1-2H3. The number of nitrogens with zero attached hydrogens (tertiary/aromatic N) is 1. The zero-order chi connectivity index (χ0) is 13.7. The lowest BCUT2D eigenvalue weighted by Crippen LogP contribution is -2.24. The Morgan fingerprint density at radius 3 is 2.84 bits per heavy atom. The summed E-state index contributed by atoms with van der Waals surface area (Å²) < 4.78 is 1.20. The molecule has 0 fully saturated rings. The Balaban J connectivity index is 2.15. The Kier molecular flexibility index (Phi) is 5.55. The molecule has 0 aliphatic rings. The van der Waals surface area contributed by atoms with Crippen LogP contribution in [-0.2, 0) is 6.42 Å². The Morgan fingerprint density at radius 2 is 2.21 bits per heavy atom. The molecule has 102 valence electrons. The highest BCUT2D eigenvalue weighted by atomic mass is 79.9. The van der Waals surface area contributed by atoms with Crippen molar-refractivity contribution in [3.8, 4) is 0 Å². The summed E-state index contributed by atoms with van der Waals surface area (Å²) in [6.07, 6.45) is 4.07. The average Bonchev–Trinajstić information content (AvgIpc) is 2.80. The summed E-state index contributed by atoms with van der Waals surface area (Å²) in [7, 11) is 0. The van der Waals surface area contributed by atoms with Gasteiger partial charge in [-0.15, -0.1) is 11.3 Å². The first kappa shape index (κ1) is 14.7. The molecule has 0 amide bonds. The highest BCUT2D eigenvalue weighted by Crippen LogP contribution is 2.27. The molecule has 19 heavy (non-hydrogen) atoms. The zero-order valence-electron chi connectivity index (χ0n) is 11.3. The predicted octanol–water partition coefficient (Wildman–Crippen LogP) is 4.50. The van der Waals surface area contributed by atoms with E-state index in [-0.39, 0.29) is 0 Å². The van der Waals surface area contributed by atoms with E-state index in [0.717, 1.165) is 25.1 Å². The molecule has 1 atom stereocenters. The Labute approximate surface area is 127 Å². The fourth-order valence-corrected chi connectivity index (χ4v) is 3.60. The maximum Gasteiger partial charge on any atom is 0.0701 e. The van der Waals surface area contributed by atoms with Crippen LogP contribution < -0.4 is 5.32 Å². The molecule has 0 saturated heterocycles. The molecule has 2 aromatic heterocycles. The Hall–Kier alpha value is -0.710. The average molecular weight is 339 g/mol. The first-order valence-corrected chi connectivity index (χ1v) is 8.20. The number of pyridine rings is 1.